The molecule has 2 N–H and O–H groups in total. The van der Waals surface area contributed by atoms with Crippen molar-refractivity contribution in [3.63, 3.8) is 0 Å². The van der Waals surface area contributed by atoms with Crippen LogP contribution in [0.3, 0.4) is 0 Å². The molecule has 7 nitrogen and oxygen atoms in total. The topological polar surface area (TPSA) is 99.1 Å². The first-order valence-electron chi connectivity index (χ1n) is 8.02. The third-order valence-electron chi connectivity index (χ3n) is 3.75. The number of carboxylic acid groups (broad SMARTS) is 1. The molecular formula is C17H21N3O4. The number of benzene rings is 1. The summed E-state index contributed by atoms with van der Waals surface area (Å²) < 4.78 is 0. The number of rotatable bonds is 7. The smallest absolute Gasteiger partial charge is 0.326 e. The second-order valence-corrected chi connectivity index (χ2v) is 5.59. The molecule has 1 aromatic rings. The summed E-state index contributed by atoms with van der Waals surface area (Å²) in [5.74, 6) is -1.80. The Balaban J connectivity index is 2.13. The average molecular weight is 331 g/mol. The van der Waals surface area contributed by atoms with Crippen LogP contribution in [-0.2, 0) is 14.4 Å². The van der Waals surface area contributed by atoms with E-state index < -0.39 is 17.9 Å². The van der Waals surface area contributed by atoms with Crippen LogP contribution in [0.5, 0.6) is 0 Å². The Hall–Kier alpha value is -2.70. The zero-order chi connectivity index (χ0) is 17.5. The quantitative estimate of drug-likeness (QED) is 0.797. The van der Waals surface area contributed by atoms with Gasteiger partial charge in [0.15, 0.2) is 0 Å². The van der Waals surface area contributed by atoms with Gasteiger partial charge in [-0.3, -0.25) is 9.59 Å². The summed E-state index contributed by atoms with van der Waals surface area (Å²) in [4.78, 5) is 35.6. The minimum Gasteiger partial charge on any atom is -0.480 e. The predicted octanol–water partition coefficient (Wildman–Crippen LogP) is 1.93. The number of anilines is 1. The number of hydrazone groups is 1. The molecule has 0 aliphatic carbocycles. The number of nitrogens with zero attached hydrogens (tertiary/aromatic N) is 2. The molecule has 2 amide bonds. The Labute approximate surface area is 140 Å². The summed E-state index contributed by atoms with van der Waals surface area (Å²) in [7, 11) is 0. The summed E-state index contributed by atoms with van der Waals surface area (Å²) in [6, 6.07) is 7.88. The molecule has 24 heavy (non-hydrogen) atoms. The maximum absolute atomic E-state index is 12.3. The lowest BCUT2D eigenvalue weighted by atomic mass is 10.1. The van der Waals surface area contributed by atoms with Crippen molar-refractivity contribution in [3.8, 4) is 0 Å². The van der Waals surface area contributed by atoms with Gasteiger partial charge in [0.2, 0.25) is 5.91 Å². The molecule has 2 rings (SSSR count). The highest BCUT2D eigenvalue weighted by atomic mass is 16.4. The van der Waals surface area contributed by atoms with E-state index in [2.05, 4.69) is 10.4 Å². The van der Waals surface area contributed by atoms with E-state index in [1.54, 1.807) is 24.3 Å². The number of carbonyl (C=O) groups is 3. The lowest BCUT2D eigenvalue weighted by Gasteiger charge is -2.23. The van der Waals surface area contributed by atoms with Crippen molar-refractivity contribution in [1.82, 2.24) is 5.32 Å². The van der Waals surface area contributed by atoms with E-state index in [4.69, 9.17) is 0 Å². The number of amides is 2. The third-order valence-corrected chi connectivity index (χ3v) is 3.75. The van der Waals surface area contributed by atoms with Gasteiger partial charge in [-0.05, 0) is 18.6 Å². The van der Waals surface area contributed by atoms with Crippen LogP contribution in [0.1, 0.15) is 39.0 Å². The van der Waals surface area contributed by atoms with E-state index in [1.165, 1.54) is 5.01 Å². The Bertz CT molecular complexity index is 642. The summed E-state index contributed by atoms with van der Waals surface area (Å²) in [5.41, 5.74) is 0.745. The summed E-state index contributed by atoms with van der Waals surface area (Å²) in [6.45, 7) is 1.95. The zero-order valence-corrected chi connectivity index (χ0v) is 13.6. The average Bonchev–Trinajstić information content (AvgIpc) is 2.59. The molecule has 1 heterocycles. The minimum atomic E-state index is -1.07. The van der Waals surface area contributed by atoms with Gasteiger partial charge in [0.05, 0.1) is 5.69 Å². The molecule has 1 aromatic carbocycles. The highest BCUT2D eigenvalue weighted by Crippen LogP contribution is 2.19. The Morgan fingerprint density at radius 2 is 2.00 bits per heavy atom. The first-order chi connectivity index (χ1) is 11.5. The third kappa shape index (κ3) is 4.41. The Morgan fingerprint density at radius 3 is 2.62 bits per heavy atom. The molecule has 1 aliphatic heterocycles. The van der Waals surface area contributed by atoms with Crippen molar-refractivity contribution < 1.29 is 19.5 Å². The van der Waals surface area contributed by atoms with Crippen molar-refractivity contribution in [3.05, 3.63) is 30.3 Å². The van der Waals surface area contributed by atoms with Gasteiger partial charge in [-0.25, -0.2) is 9.80 Å². The van der Waals surface area contributed by atoms with Crippen LogP contribution in [0.2, 0.25) is 0 Å². The molecule has 0 bridgehead atoms. The normalized spacial score (nSPS) is 15.6. The van der Waals surface area contributed by atoms with Gasteiger partial charge < -0.3 is 10.4 Å². The van der Waals surface area contributed by atoms with Crippen LogP contribution in [-0.4, -0.2) is 34.6 Å². The largest absolute Gasteiger partial charge is 0.480 e. The van der Waals surface area contributed by atoms with Crippen LogP contribution in [0.15, 0.2) is 35.4 Å². The molecule has 1 aliphatic rings. The number of hydrogen-bond donors (Lipinski definition) is 2. The van der Waals surface area contributed by atoms with Crippen molar-refractivity contribution in [2.75, 3.05) is 5.01 Å². The second kappa shape index (κ2) is 8.24. The van der Waals surface area contributed by atoms with Crippen molar-refractivity contribution in [1.29, 1.82) is 0 Å². The number of aliphatic carboxylic acids is 1. The van der Waals surface area contributed by atoms with Crippen LogP contribution < -0.4 is 10.3 Å². The van der Waals surface area contributed by atoms with Crippen LogP contribution >= 0.6 is 0 Å². The van der Waals surface area contributed by atoms with Gasteiger partial charge in [-0.15, -0.1) is 0 Å². The maximum Gasteiger partial charge on any atom is 0.326 e. The fraction of sp³-hybridized carbons (Fsp3) is 0.412. The fourth-order valence-electron chi connectivity index (χ4n) is 2.39. The van der Waals surface area contributed by atoms with E-state index in [0.717, 1.165) is 6.42 Å². The highest BCUT2D eigenvalue weighted by molar-refractivity contribution is 6.40. The van der Waals surface area contributed by atoms with Gasteiger partial charge in [0.25, 0.3) is 5.91 Å². The molecule has 1 unspecified atom stereocenters. The van der Waals surface area contributed by atoms with E-state index >= 15 is 0 Å². The summed E-state index contributed by atoms with van der Waals surface area (Å²) in [5, 5.41) is 17.0. The van der Waals surface area contributed by atoms with E-state index in [-0.39, 0.29) is 24.5 Å². The molecular weight excluding hydrogens is 310 g/mol. The standard InChI is InChI=1S/C17H21N3O4/c1-2-3-9-14(17(23)24)18-16(22)13-10-11-15(21)20(19-13)12-7-5-4-6-8-12/h4-8,14H,2-3,9-11H2,1H3,(H,18,22)(H,23,24). The number of nitrogens with one attached hydrogen (secondary N) is 1. The Morgan fingerprint density at radius 1 is 1.29 bits per heavy atom. The van der Waals surface area contributed by atoms with Crippen molar-refractivity contribution >= 4 is 29.2 Å². The van der Waals surface area contributed by atoms with E-state index in [9.17, 15) is 19.5 Å². The van der Waals surface area contributed by atoms with Gasteiger partial charge in [-0.1, -0.05) is 38.0 Å². The highest BCUT2D eigenvalue weighted by Gasteiger charge is 2.28. The molecule has 1 atom stereocenters. The molecule has 128 valence electrons. The summed E-state index contributed by atoms with van der Waals surface area (Å²) >= 11 is 0. The SMILES string of the molecule is CCCCC(NC(=O)C1=NN(c2ccccc2)C(=O)CC1)C(=O)O. The lowest BCUT2D eigenvalue weighted by molar-refractivity contribution is -0.141. The first kappa shape index (κ1) is 17.7. The predicted molar refractivity (Wildman–Crippen MR) is 89.7 cm³/mol. The van der Waals surface area contributed by atoms with Crippen LogP contribution in [0.4, 0.5) is 5.69 Å². The molecule has 0 fully saturated rings. The van der Waals surface area contributed by atoms with Gasteiger partial charge in [0.1, 0.15) is 11.8 Å². The van der Waals surface area contributed by atoms with E-state index in [0.29, 0.717) is 18.5 Å². The maximum atomic E-state index is 12.3. The van der Waals surface area contributed by atoms with Crippen LogP contribution in [0, 0.1) is 0 Å². The molecule has 0 spiro atoms. The van der Waals surface area contributed by atoms with Gasteiger partial charge >= 0.3 is 5.97 Å². The number of carboxylic acids is 1. The second-order valence-electron chi connectivity index (χ2n) is 5.59. The van der Waals surface area contributed by atoms with E-state index in [1.807, 2.05) is 13.0 Å². The van der Waals surface area contributed by atoms with Crippen molar-refractivity contribution in [2.24, 2.45) is 5.10 Å². The lowest BCUT2D eigenvalue weighted by Crippen LogP contribution is -2.46. The van der Waals surface area contributed by atoms with Crippen LogP contribution in [0.25, 0.3) is 0 Å². The first-order valence-corrected chi connectivity index (χ1v) is 8.02. The monoisotopic (exact) mass is 331 g/mol. The zero-order valence-electron chi connectivity index (χ0n) is 13.6. The molecule has 0 saturated carbocycles. The van der Waals surface area contributed by atoms with Crippen molar-refractivity contribution in [2.45, 2.75) is 45.1 Å². The molecule has 7 heteroatoms. The van der Waals surface area contributed by atoms with Gasteiger partial charge in [-0.2, -0.15) is 5.10 Å². The minimum absolute atomic E-state index is 0.161. The Kier molecular flexibility index (Phi) is 6.06. The molecule has 0 aromatic heterocycles. The fourth-order valence-corrected chi connectivity index (χ4v) is 2.39. The molecule has 0 radical (unpaired) electrons. The molecule has 0 saturated heterocycles. The van der Waals surface area contributed by atoms with Gasteiger partial charge in [0, 0.05) is 12.8 Å². The number of unbranched alkanes of at least 4 members (excludes halogenated alkanes) is 1. The number of para-hydroxylation sites is 1. The number of hydrogen-bond acceptors (Lipinski definition) is 4. The number of carbonyl (C=O) groups excluding carboxylic acids is 2. The summed E-state index contributed by atoms with van der Waals surface area (Å²) in [6.07, 6.45) is 2.28.